The van der Waals surface area contributed by atoms with E-state index in [9.17, 15) is 14.9 Å². The molecule has 0 aliphatic rings. The van der Waals surface area contributed by atoms with Gasteiger partial charge in [-0.3, -0.25) is 14.9 Å². The number of nitro benzene ring substituents is 1. The van der Waals surface area contributed by atoms with Crippen molar-refractivity contribution in [2.24, 2.45) is 0 Å². The van der Waals surface area contributed by atoms with Crippen LogP contribution in [0.1, 0.15) is 16.8 Å². The number of amides is 1. The molecule has 0 spiro atoms. The van der Waals surface area contributed by atoms with Crippen LogP contribution in [0.15, 0.2) is 18.2 Å². The topological polar surface area (TPSA) is 104 Å². The van der Waals surface area contributed by atoms with Crippen LogP contribution in [0, 0.1) is 10.1 Å². The number of anilines is 1. The number of carbonyl (C=O) groups excluding carboxylic acids is 1. The number of carbonyl (C=O) groups is 1. The van der Waals surface area contributed by atoms with Crippen LogP contribution < -0.4 is 10.6 Å². The van der Waals surface area contributed by atoms with E-state index >= 15 is 0 Å². The van der Waals surface area contributed by atoms with Gasteiger partial charge in [0, 0.05) is 37.6 Å². The smallest absolute Gasteiger partial charge is 0.292 e. The zero-order chi connectivity index (χ0) is 15.7. The molecule has 21 heavy (non-hydrogen) atoms. The zero-order valence-corrected chi connectivity index (χ0v) is 12.6. The van der Waals surface area contributed by atoms with E-state index in [0.717, 1.165) is 17.9 Å². The van der Waals surface area contributed by atoms with Crippen molar-refractivity contribution >= 4 is 29.0 Å². The number of benzene rings is 1. The Balaban J connectivity index is 2.68. The van der Waals surface area contributed by atoms with Crippen molar-refractivity contribution in [3.05, 3.63) is 33.9 Å². The van der Waals surface area contributed by atoms with Crippen molar-refractivity contribution in [2.75, 3.05) is 37.0 Å². The number of aliphatic hydroxyl groups excluding tert-OH is 1. The molecule has 116 valence electrons. The molecule has 1 aromatic rings. The van der Waals surface area contributed by atoms with Gasteiger partial charge in [0.2, 0.25) is 0 Å². The van der Waals surface area contributed by atoms with Gasteiger partial charge in [-0.05, 0) is 24.3 Å². The van der Waals surface area contributed by atoms with Gasteiger partial charge in [-0.25, -0.2) is 0 Å². The van der Waals surface area contributed by atoms with E-state index in [0.29, 0.717) is 17.8 Å². The van der Waals surface area contributed by atoms with E-state index in [4.69, 9.17) is 5.11 Å². The molecule has 0 bridgehead atoms. The average molecular weight is 313 g/mol. The van der Waals surface area contributed by atoms with Crippen molar-refractivity contribution < 1.29 is 14.8 Å². The molecule has 0 atom stereocenters. The molecule has 0 unspecified atom stereocenters. The Morgan fingerprint density at radius 1 is 1.43 bits per heavy atom. The maximum absolute atomic E-state index is 11.6. The minimum Gasteiger partial charge on any atom is -0.396 e. The molecule has 3 N–H and O–H groups in total. The number of hydrogen-bond acceptors (Lipinski definition) is 6. The van der Waals surface area contributed by atoms with Crippen LogP contribution in [-0.4, -0.2) is 47.6 Å². The highest BCUT2D eigenvalue weighted by Gasteiger charge is 2.15. The van der Waals surface area contributed by atoms with Gasteiger partial charge < -0.3 is 15.7 Å². The monoisotopic (exact) mass is 313 g/mol. The van der Waals surface area contributed by atoms with Crippen molar-refractivity contribution in [1.29, 1.82) is 0 Å². The first kappa shape index (κ1) is 17.3. The lowest BCUT2D eigenvalue weighted by Gasteiger charge is -2.08. The third kappa shape index (κ3) is 5.60. The molecule has 0 radical (unpaired) electrons. The summed E-state index contributed by atoms with van der Waals surface area (Å²) in [4.78, 5) is 22.1. The number of aliphatic hydroxyl groups is 1. The summed E-state index contributed by atoms with van der Waals surface area (Å²) in [6.07, 6.45) is 0.733. The molecule has 0 heterocycles. The Kier molecular flexibility index (Phi) is 7.55. The van der Waals surface area contributed by atoms with Gasteiger partial charge in [0.1, 0.15) is 5.69 Å². The molecule has 1 aromatic carbocycles. The van der Waals surface area contributed by atoms with E-state index in [1.165, 1.54) is 25.2 Å². The lowest BCUT2D eigenvalue weighted by Crippen LogP contribution is -2.18. The van der Waals surface area contributed by atoms with E-state index in [-0.39, 0.29) is 18.2 Å². The summed E-state index contributed by atoms with van der Waals surface area (Å²) in [6, 6.07) is 4.24. The summed E-state index contributed by atoms with van der Waals surface area (Å²) in [5.41, 5.74) is 0.658. The van der Waals surface area contributed by atoms with Gasteiger partial charge in [-0.2, -0.15) is 11.8 Å². The molecule has 0 aliphatic carbocycles. The first-order valence-electron chi connectivity index (χ1n) is 6.53. The molecule has 7 nitrogen and oxygen atoms in total. The lowest BCUT2D eigenvalue weighted by molar-refractivity contribution is -0.384. The van der Waals surface area contributed by atoms with Crippen LogP contribution in [0.4, 0.5) is 11.4 Å². The van der Waals surface area contributed by atoms with Crippen molar-refractivity contribution in [3.63, 3.8) is 0 Å². The molecular formula is C13H19N3O4S. The number of thioether (sulfide) groups is 1. The fourth-order valence-corrected chi connectivity index (χ4v) is 2.43. The Bertz CT molecular complexity index is 496. The summed E-state index contributed by atoms with van der Waals surface area (Å²) in [7, 11) is 1.51. The van der Waals surface area contributed by atoms with E-state index in [1.807, 2.05) is 0 Å². The van der Waals surface area contributed by atoms with Crippen molar-refractivity contribution in [3.8, 4) is 0 Å². The summed E-state index contributed by atoms with van der Waals surface area (Å²) >= 11 is 1.65. The zero-order valence-electron chi connectivity index (χ0n) is 11.8. The largest absolute Gasteiger partial charge is 0.396 e. The fourth-order valence-electron chi connectivity index (χ4n) is 1.65. The Hall–Kier alpha value is -1.80. The second-order valence-corrected chi connectivity index (χ2v) is 5.41. The SMILES string of the molecule is CNC(=O)c1ccc([N+](=O)[O-])c(NCCSCCCO)c1. The van der Waals surface area contributed by atoms with Gasteiger partial charge >= 0.3 is 0 Å². The minimum absolute atomic E-state index is 0.0528. The maximum Gasteiger partial charge on any atom is 0.292 e. The van der Waals surface area contributed by atoms with Crippen LogP contribution in [0.3, 0.4) is 0 Å². The number of rotatable bonds is 9. The maximum atomic E-state index is 11.6. The third-order valence-corrected chi connectivity index (χ3v) is 3.76. The van der Waals surface area contributed by atoms with Gasteiger partial charge in [0.05, 0.1) is 4.92 Å². The highest BCUT2D eigenvalue weighted by molar-refractivity contribution is 7.99. The molecule has 0 saturated carbocycles. The molecular weight excluding hydrogens is 294 g/mol. The highest BCUT2D eigenvalue weighted by atomic mass is 32.2. The molecule has 0 fully saturated rings. The Morgan fingerprint density at radius 2 is 2.19 bits per heavy atom. The second-order valence-electron chi connectivity index (χ2n) is 4.18. The molecule has 0 saturated heterocycles. The quantitative estimate of drug-likeness (QED) is 0.362. The standard InChI is InChI=1S/C13H19N3O4S/c1-14-13(18)10-3-4-12(16(19)20)11(9-10)15-5-8-21-7-2-6-17/h3-4,9,15,17H,2,5-8H2,1H3,(H,14,18). The molecule has 0 aromatic heterocycles. The number of hydrogen-bond donors (Lipinski definition) is 3. The lowest BCUT2D eigenvalue weighted by atomic mass is 10.1. The van der Waals surface area contributed by atoms with E-state index in [2.05, 4.69) is 10.6 Å². The highest BCUT2D eigenvalue weighted by Crippen LogP contribution is 2.25. The normalized spacial score (nSPS) is 10.2. The van der Waals surface area contributed by atoms with E-state index < -0.39 is 4.92 Å². The molecule has 0 aliphatic heterocycles. The van der Waals surface area contributed by atoms with Crippen LogP contribution in [-0.2, 0) is 0 Å². The van der Waals surface area contributed by atoms with Crippen LogP contribution in [0.2, 0.25) is 0 Å². The molecule has 8 heteroatoms. The first-order chi connectivity index (χ1) is 10.1. The summed E-state index contributed by atoms with van der Waals surface area (Å²) in [6.45, 7) is 0.716. The first-order valence-corrected chi connectivity index (χ1v) is 7.68. The summed E-state index contributed by atoms with van der Waals surface area (Å²) in [5.74, 6) is 1.32. The predicted octanol–water partition coefficient (Wildman–Crippen LogP) is 1.48. The van der Waals surface area contributed by atoms with Gasteiger partial charge in [-0.15, -0.1) is 0 Å². The average Bonchev–Trinajstić information content (AvgIpc) is 2.49. The van der Waals surface area contributed by atoms with Crippen molar-refractivity contribution in [1.82, 2.24) is 5.32 Å². The van der Waals surface area contributed by atoms with Crippen LogP contribution >= 0.6 is 11.8 Å². The second kappa shape index (κ2) is 9.19. The number of nitrogens with zero attached hydrogens (tertiary/aromatic N) is 1. The molecule has 1 amide bonds. The summed E-state index contributed by atoms with van der Waals surface area (Å²) < 4.78 is 0. The number of nitro groups is 1. The Morgan fingerprint density at radius 3 is 2.81 bits per heavy atom. The summed E-state index contributed by atoms with van der Waals surface area (Å²) in [5, 5.41) is 25.1. The van der Waals surface area contributed by atoms with Gasteiger partial charge in [-0.1, -0.05) is 0 Å². The van der Waals surface area contributed by atoms with Crippen LogP contribution in [0.25, 0.3) is 0 Å². The van der Waals surface area contributed by atoms with Gasteiger partial charge in [0.25, 0.3) is 11.6 Å². The predicted molar refractivity (Wildman–Crippen MR) is 84.0 cm³/mol. The van der Waals surface area contributed by atoms with Gasteiger partial charge in [0.15, 0.2) is 0 Å². The van der Waals surface area contributed by atoms with Crippen LogP contribution in [0.5, 0.6) is 0 Å². The minimum atomic E-state index is -0.477. The third-order valence-electron chi connectivity index (χ3n) is 2.69. The fraction of sp³-hybridized carbons (Fsp3) is 0.462. The Labute approximate surface area is 127 Å². The van der Waals surface area contributed by atoms with Crippen molar-refractivity contribution in [2.45, 2.75) is 6.42 Å². The van der Waals surface area contributed by atoms with E-state index in [1.54, 1.807) is 11.8 Å². The molecule has 1 rings (SSSR count). The number of nitrogens with one attached hydrogen (secondary N) is 2.